The number of rotatable bonds is 0. The summed E-state index contributed by atoms with van der Waals surface area (Å²) >= 11 is 0. The Hall–Kier alpha value is -4.57. The third kappa shape index (κ3) is 2.20. The van der Waals surface area contributed by atoms with Crippen LogP contribution < -0.4 is 0 Å². The third-order valence-corrected chi connectivity index (χ3v) is 7.92. The molecule has 0 atom stereocenters. The van der Waals surface area contributed by atoms with Gasteiger partial charge in [0.1, 0.15) is 11.2 Å². The second kappa shape index (κ2) is 6.10. The van der Waals surface area contributed by atoms with Crippen molar-refractivity contribution in [1.82, 2.24) is 19.4 Å². The van der Waals surface area contributed by atoms with E-state index in [0.717, 1.165) is 45.9 Å². The zero-order valence-corrected chi connectivity index (χ0v) is 18.8. The van der Waals surface area contributed by atoms with Crippen LogP contribution in [0.5, 0.6) is 0 Å². The summed E-state index contributed by atoms with van der Waals surface area (Å²) in [6, 6.07) is 24.5. The van der Waals surface area contributed by atoms with Crippen molar-refractivity contribution in [3.05, 3.63) is 108 Å². The molecule has 7 aromatic rings. The van der Waals surface area contributed by atoms with Gasteiger partial charge in [0.25, 0.3) is 0 Å². The van der Waals surface area contributed by atoms with Gasteiger partial charge in [-0.1, -0.05) is 24.3 Å². The van der Waals surface area contributed by atoms with Crippen molar-refractivity contribution in [2.24, 2.45) is 0 Å². The number of hydrogen-bond acceptors (Lipinski definition) is 3. The van der Waals surface area contributed by atoms with Gasteiger partial charge in [-0.3, -0.25) is 9.38 Å². The molecule has 2 aliphatic rings. The molecule has 0 saturated carbocycles. The van der Waals surface area contributed by atoms with Crippen LogP contribution in [0.1, 0.15) is 22.3 Å². The molecule has 0 unspecified atom stereocenters. The van der Waals surface area contributed by atoms with Gasteiger partial charge < -0.3 is 0 Å². The highest BCUT2D eigenvalue weighted by molar-refractivity contribution is 6.15. The lowest BCUT2D eigenvalue weighted by Crippen LogP contribution is -1.94. The Morgan fingerprint density at radius 1 is 0.600 bits per heavy atom. The fraction of sp³-hybridized carbons (Fsp3) is 0.0645. The maximum atomic E-state index is 5.02. The quantitative estimate of drug-likeness (QED) is 0.243. The Balaban J connectivity index is 1.37. The highest BCUT2D eigenvalue weighted by Crippen LogP contribution is 2.46. The lowest BCUT2D eigenvalue weighted by molar-refractivity contribution is 1.23. The summed E-state index contributed by atoms with van der Waals surface area (Å²) in [7, 11) is 0. The minimum atomic E-state index is 0.888. The van der Waals surface area contributed by atoms with E-state index in [-0.39, 0.29) is 0 Å². The molecule has 0 aliphatic heterocycles. The van der Waals surface area contributed by atoms with Crippen LogP contribution in [0.3, 0.4) is 0 Å². The minimum absolute atomic E-state index is 0.888. The van der Waals surface area contributed by atoms with Crippen molar-refractivity contribution in [3.63, 3.8) is 0 Å². The van der Waals surface area contributed by atoms with Crippen LogP contribution in [-0.2, 0) is 12.8 Å². The van der Waals surface area contributed by atoms with Gasteiger partial charge in [-0.2, -0.15) is 0 Å². The molecule has 0 saturated heterocycles. The van der Waals surface area contributed by atoms with E-state index in [9.17, 15) is 0 Å². The Morgan fingerprint density at radius 3 is 2.34 bits per heavy atom. The fourth-order valence-corrected chi connectivity index (χ4v) is 6.39. The van der Waals surface area contributed by atoms with Gasteiger partial charge in [0, 0.05) is 29.4 Å². The lowest BCUT2D eigenvalue weighted by atomic mass is 9.96. The summed E-state index contributed by atoms with van der Waals surface area (Å²) in [4.78, 5) is 14.2. The summed E-state index contributed by atoms with van der Waals surface area (Å²) in [6.07, 6.45) is 7.64. The summed E-state index contributed by atoms with van der Waals surface area (Å²) in [5.74, 6) is 0. The van der Waals surface area contributed by atoms with Gasteiger partial charge in [0.15, 0.2) is 5.65 Å². The highest BCUT2D eigenvalue weighted by atomic mass is 15.1. The SMILES string of the molecule is c1ccc2c(c1)Cc1cc3c(cc1-2)Cc1cc2c(cc1-3)c1cnccc1n1c3ncccc3nc21. The van der Waals surface area contributed by atoms with Crippen molar-refractivity contribution in [2.75, 3.05) is 0 Å². The minimum Gasteiger partial charge on any atom is -0.276 e. The number of imidazole rings is 1. The fourth-order valence-electron chi connectivity index (χ4n) is 6.39. The molecule has 3 aromatic carbocycles. The smallest absolute Gasteiger partial charge is 0.164 e. The Morgan fingerprint density at radius 2 is 1.40 bits per heavy atom. The standard InChI is InChI=1S/C31H18N4/c1-2-5-21-17(4-1)10-18-13-23-19(12-22(18)21)11-20-14-26-25(15-24(20)23)27-16-32-9-7-29(27)35-30(26)34-28-6-3-8-33-31(28)35/h1-9,12-16H,10-11H2. The van der Waals surface area contributed by atoms with Crippen molar-refractivity contribution in [3.8, 4) is 22.3 Å². The monoisotopic (exact) mass is 446 g/mol. The molecule has 2 aliphatic carbocycles. The first-order valence-electron chi connectivity index (χ1n) is 12.0. The Labute approximate surface area is 200 Å². The van der Waals surface area contributed by atoms with Crippen LogP contribution in [0.2, 0.25) is 0 Å². The average molecular weight is 447 g/mol. The van der Waals surface area contributed by atoms with Crippen molar-refractivity contribution < 1.29 is 0 Å². The van der Waals surface area contributed by atoms with Crippen LogP contribution in [0.25, 0.3) is 60.7 Å². The van der Waals surface area contributed by atoms with Gasteiger partial charge >= 0.3 is 0 Å². The van der Waals surface area contributed by atoms with E-state index in [1.807, 2.05) is 30.7 Å². The zero-order chi connectivity index (χ0) is 22.7. The molecule has 35 heavy (non-hydrogen) atoms. The molecule has 0 spiro atoms. The van der Waals surface area contributed by atoms with Crippen LogP contribution in [0, 0.1) is 0 Å². The molecule has 0 radical (unpaired) electrons. The second-order valence-electron chi connectivity index (χ2n) is 9.74. The van der Waals surface area contributed by atoms with Gasteiger partial charge in [0.2, 0.25) is 0 Å². The van der Waals surface area contributed by atoms with E-state index in [1.54, 1.807) is 0 Å². The van der Waals surface area contributed by atoms with Crippen molar-refractivity contribution in [2.45, 2.75) is 12.8 Å². The Bertz CT molecular complexity index is 2070. The molecule has 162 valence electrons. The first-order valence-corrected chi connectivity index (χ1v) is 12.0. The van der Waals surface area contributed by atoms with E-state index in [1.165, 1.54) is 49.9 Å². The van der Waals surface area contributed by atoms with Gasteiger partial charge in [-0.15, -0.1) is 0 Å². The summed E-state index contributed by atoms with van der Waals surface area (Å²) < 4.78 is 2.19. The van der Waals surface area contributed by atoms with Crippen molar-refractivity contribution in [1.29, 1.82) is 0 Å². The summed E-state index contributed by atoms with van der Waals surface area (Å²) in [5.41, 5.74) is 15.0. The van der Waals surface area contributed by atoms with Crippen LogP contribution in [0.4, 0.5) is 0 Å². The largest absolute Gasteiger partial charge is 0.276 e. The maximum Gasteiger partial charge on any atom is 0.164 e. The molecule has 4 heterocycles. The molecule has 0 amide bonds. The number of hydrogen-bond donors (Lipinski definition) is 0. The van der Waals surface area contributed by atoms with E-state index in [2.05, 4.69) is 69.0 Å². The lowest BCUT2D eigenvalue weighted by Gasteiger charge is -2.11. The van der Waals surface area contributed by atoms with Crippen LogP contribution >= 0.6 is 0 Å². The van der Waals surface area contributed by atoms with E-state index < -0.39 is 0 Å². The van der Waals surface area contributed by atoms with E-state index >= 15 is 0 Å². The normalized spacial score (nSPS) is 13.5. The summed E-state index contributed by atoms with van der Waals surface area (Å²) in [5, 5.41) is 3.49. The number of aromatic nitrogens is 4. The molecule has 0 N–H and O–H groups in total. The van der Waals surface area contributed by atoms with Crippen LogP contribution in [0.15, 0.2) is 85.3 Å². The van der Waals surface area contributed by atoms with Gasteiger partial charge in [-0.05, 0) is 105 Å². The number of pyridine rings is 3. The van der Waals surface area contributed by atoms with E-state index in [4.69, 9.17) is 4.98 Å². The average Bonchev–Trinajstić information content (AvgIpc) is 3.57. The van der Waals surface area contributed by atoms with Gasteiger partial charge in [0.05, 0.1) is 5.52 Å². The predicted molar refractivity (Wildman–Crippen MR) is 140 cm³/mol. The van der Waals surface area contributed by atoms with E-state index in [0.29, 0.717) is 0 Å². The molecule has 9 rings (SSSR count). The number of benzene rings is 3. The molecule has 0 fully saturated rings. The number of fused-ring (bicyclic) bond motifs is 14. The molecule has 4 heteroatoms. The third-order valence-electron chi connectivity index (χ3n) is 7.92. The first-order chi connectivity index (χ1) is 17.3. The Kier molecular flexibility index (Phi) is 3.11. The van der Waals surface area contributed by atoms with Gasteiger partial charge in [-0.25, -0.2) is 9.97 Å². The highest BCUT2D eigenvalue weighted by Gasteiger charge is 2.26. The predicted octanol–water partition coefficient (Wildman–Crippen LogP) is 6.73. The first kappa shape index (κ1) is 17.8. The molecular weight excluding hydrogens is 428 g/mol. The second-order valence-corrected chi connectivity index (χ2v) is 9.74. The zero-order valence-electron chi connectivity index (χ0n) is 18.8. The topological polar surface area (TPSA) is 43.1 Å². The maximum absolute atomic E-state index is 5.02. The summed E-state index contributed by atoms with van der Waals surface area (Å²) in [6.45, 7) is 0. The molecular formula is C31H18N4. The molecule has 4 nitrogen and oxygen atoms in total. The number of nitrogens with zero attached hydrogens (tertiary/aromatic N) is 4. The molecule has 4 aromatic heterocycles. The van der Waals surface area contributed by atoms with Crippen LogP contribution in [-0.4, -0.2) is 19.4 Å². The van der Waals surface area contributed by atoms with Crippen molar-refractivity contribution >= 4 is 38.5 Å². The molecule has 0 bridgehead atoms.